The summed E-state index contributed by atoms with van der Waals surface area (Å²) in [6.07, 6.45) is 1.61. The smallest absolute Gasteiger partial charge is 0.224 e. The molecule has 0 spiro atoms. The number of aliphatic hydroxyl groups is 1. The molecule has 1 rings (SSSR count). The highest BCUT2D eigenvalue weighted by molar-refractivity contribution is 6.28. The maximum absolute atomic E-state index is 13.3. The predicted molar refractivity (Wildman–Crippen MR) is 65.6 cm³/mol. The summed E-state index contributed by atoms with van der Waals surface area (Å²) in [5, 5.41) is 12.8. The summed E-state index contributed by atoms with van der Waals surface area (Å²) in [6, 6.07) is 0. The van der Waals surface area contributed by atoms with Crippen molar-refractivity contribution in [2.75, 3.05) is 11.9 Å². The van der Waals surface area contributed by atoms with E-state index in [1.807, 2.05) is 13.8 Å². The third kappa shape index (κ3) is 4.83. The monoisotopic (exact) mass is 261 g/mol. The molecule has 6 heteroatoms. The summed E-state index contributed by atoms with van der Waals surface area (Å²) >= 11 is 5.56. The van der Waals surface area contributed by atoms with Crippen molar-refractivity contribution in [1.29, 1.82) is 0 Å². The first-order valence-electron chi connectivity index (χ1n) is 5.44. The van der Waals surface area contributed by atoms with Gasteiger partial charge in [0.15, 0.2) is 11.6 Å². The fourth-order valence-corrected chi connectivity index (χ4v) is 1.83. The van der Waals surface area contributed by atoms with Crippen molar-refractivity contribution in [3.8, 4) is 0 Å². The second-order valence-corrected chi connectivity index (χ2v) is 5.12. The molecule has 1 unspecified atom stereocenters. The van der Waals surface area contributed by atoms with Gasteiger partial charge < -0.3 is 10.4 Å². The molecule has 0 saturated carbocycles. The molecule has 1 aromatic rings. The van der Waals surface area contributed by atoms with E-state index in [-0.39, 0.29) is 17.6 Å². The number of halogens is 2. The van der Waals surface area contributed by atoms with Crippen LogP contribution in [0.3, 0.4) is 0 Å². The highest BCUT2D eigenvalue weighted by atomic mass is 35.5. The number of rotatable bonds is 5. The zero-order chi connectivity index (χ0) is 13.1. The molecular formula is C11H17ClFN3O. The van der Waals surface area contributed by atoms with Crippen LogP contribution in [0.1, 0.15) is 27.2 Å². The van der Waals surface area contributed by atoms with E-state index in [0.29, 0.717) is 12.3 Å². The molecule has 0 bridgehead atoms. The van der Waals surface area contributed by atoms with Crippen molar-refractivity contribution >= 4 is 17.4 Å². The van der Waals surface area contributed by atoms with Crippen molar-refractivity contribution in [3.05, 3.63) is 17.3 Å². The van der Waals surface area contributed by atoms with Gasteiger partial charge in [0.2, 0.25) is 5.28 Å². The fourth-order valence-electron chi connectivity index (χ4n) is 1.70. The van der Waals surface area contributed by atoms with Crippen LogP contribution in [-0.4, -0.2) is 27.2 Å². The van der Waals surface area contributed by atoms with Crippen molar-refractivity contribution in [3.63, 3.8) is 0 Å². The molecule has 0 radical (unpaired) electrons. The van der Waals surface area contributed by atoms with Crippen LogP contribution in [0.5, 0.6) is 0 Å². The molecule has 4 nitrogen and oxygen atoms in total. The van der Waals surface area contributed by atoms with Gasteiger partial charge in [-0.1, -0.05) is 13.8 Å². The van der Waals surface area contributed by atoms with E-state index in [4.69, 9.17) is 11.6 Å². The molecule has 0 aliphatic carbocycles. The molecule has 96 valence electrons. The molecule has 0 saturated heterocycles. The maximum Gasteiger partial charge on any atom is 0.224 e. The zero-order valence-electron chi connectivity index (χ0n) is 10.2. The van der Waals surface area contributed by atoms with E-state index < -0.39 is 11.4 Å². The van der Waals surface area contributed by atoms with Crippen LogP contribution in [0.4, 0.5) is 10.2 Å². The highest BCUT2D eigenvalue weighted by Gasteiger charge is 2.22. The molecule has 17 heavy (non-hydrogen) atoms. The van der Waals surface area contributed by atoms with Gasteiger partial charge in [-0.3, -0.25) is 0 Å². The van der Waals surface area contributed by atoms with Crippen LogP contribution in [0.2, 0.25) is 5.28 Å². The summed E-state index contributed by atoms with van der Waals surface area (Å²) in [4.78, 5) is 7.22. The Balaban J connectivity index is 2.63. The van der Waals surface area contributed by atoms with E-state index in [1.54, 1.807) is 6.92 Å². The van der Waals surface area contributed by atoms with E-state index >= 15 is 0 Å². The van der Waals surface area contributed by atoms with Crippen LogP contribution >= 0.6 is 11.6 Å². The topological polar surface area (TPSA) is 58.0 Å². The lowest BCUT2D eigenvalue weighted by Gasteiger charge is -2.25. The van der Waals surface area contributed by atoms with Gasteiger partial charge in [0.1, 0.15) is 0 Å². The van der Waals surface area contributed by atoms with Gasteiger partial charge in [0, 0.05) is 6.54 Å². The molecule has 0 aliphatic heterocycles. The summed E-state index contributed by atoms with van der Waals surface area (Å²) in [5.74, 6) is -0.227. The molecule has 0 amide bonds. The lowest BCUT2D eigenvalue weighted by Crippen LogP contribution is -2.35. The van der Waals surface area contributed by atoms with Crippen molar-refractivity contribution < 1.29 is 9.50 Å². The van der Waals surface area contributed by atoms with Gasteiger partial charge in [0.05, 0.1) is 11.8 Å². The second-order valence-electron chi connectivity index (χ2n) is 4.78. The fraction of sp³-hybridized carbons (Fsp3) is 0.636. The maximum atomic E-state index is 13.3. The molecule has 1 heterocycles. The third-order valence-electron chi connectivity index (χ3n) is 2.20. The molecule has 2 N–H and O–H groups in total. The Kier molecular flexibility index (Phi) is 4.65. The number of aromatic nitrogens is 2. The lowest BCUT2D eigenvalue weighted by molar-refractivity contribution is 0.0514. The molecule has 1 atom stereocenters. The Hall–Kier alpha value is -0.940. The Labute approximate surface area is 105 Å². The van der Waals surface area contributed by atoms with Crippen molar-refractivity contribution in [1.82, 2.24) is 9.97 Å². The molecule has 1 aromatic heterocycles. The van der Waals surface area contributed by atoms with Crippen LogP contribution in [0, 0.1) is 11.7 Å². The van der Waals surface area contributed by atoms with E-state index in [1.165, 1.54) is 0 Å². The van der Waals surface area contributed by atoms with Gasteiger partial charge in [0.25, 0.3) is 0 Å². The number of nitrogens with zero attached hydrogens (tertiary/aromatic N) is 2. The normalized spacial score (nSPS) is 14.8. The average molecular weight is 262 g/mol. The molecule has 0 aromatic carbocycles. The molecule has 0 fully saturated rings. The summed E-state index contributed by atoms with van der Waals surface area (Å²) < 4.78 is 13.3. The highest BCUT2D eigenvalue weighted by Crippen LogP contribution is 2.18. The van der Waals surface area contributed by atoms with Gasteiger partial charge >= 0.3 is 0 Å². The number of hydrogen-bond donors (Lipinski definition) is 2. The molecule has 0 aliphatic rings. The number of anilines is 1. The Morgan fingerprint density at radius 2 is 2.24 bits per heavy atom. The standard InChI is InChI=1S/C11H17ClFN3O/c1-7(2)4-11(3,17)6-15-9-8(13)5-14-10(12)16-9/h5,7,17H,4,6H2,1-3H3,(H,14,15,16). The Morgan fingerprint density at radius 3 is 2.82 bits per heavy atom. The zero-order valence-corrected chi connectivity index (χ0v) is 10.9. The Bertz CT molecular complexity index is 385. The number of nitrogens with one attached hydrogen (secondary N) is 1. The largest absolute Gasteiger partial charge is 0.388 e. The first-order valence-corrected chi connectivity index (χ1v) is 5.82. The van der Waals surface area contributed by atoms with Crippen molar-refractivity contribution in [2.24, 2.45) is 5.92 Å². The second kappa shape index (κ2) is 5.60. The minimum atomic E-state index is -0.919. The quantitative estimate of drug-likeness (QED) is 0.800. The van der Waals surface area contributed by atoms with Crippen LogP contribution in [0.25, 0.3) is 0 Å². The van der Waals surface area contributed by atoms with Gasteiger partial charge in [-0.2, -0.15) is 4.98 Å². The van der Waals surface area contributed by atoms with Gasteiger partial charge in [-0.15, -0.1) is 0 Å². The van der Waals surface area contributed by atoms with Gasteiger partial charge in [-0.05, 0) is 30.9 Å². The SMILES string of the molecule is CC(C)CC(C)(O)CNc1nc(Cl)ncc1F. The minimum absolute atomic E-state index is 0.00836. The summed E-state index contributed by atoms with van der Waals surface area (Å²) in [5.41, 5.74) is -0.919. The van der Waals surface area contributed by atoms with Crippen LogP contribution in [-0.2, 0) is 0 Å². The van der Waals surface area contributed by atoms with E-state index in [9.17, 15) is 9.50 Å². The first kappa shape index (κ1) is 14.1. The van der Waals surface area contributed by atoms with Crippen molar-refractivity contribution in [2.45, 2.75) is 32.8 Å². The minimum Gasteiger partial charge on any atom is -0.388 e. The third-order valence-corrected chi connectivity index (χ3v) is 2.38. The molecular weight excluding hydrogens is 245 g/mol. The lowest BCUT2D eigenvalue weighted by atomic mass is 9.94. The van der Waals surface area contributed by atoms with E-state index in [0.717, 1.165) is 6.20 Å². The van der Waals surface area contributed by atoms with Crippen LogP contribution < -0.4 is 5.32 Å². The average Bonchev–Trinajstić information content (AvgIpc) is 2.17. The first-order chi connectivity index (χ1) is 7.80. The van der Waals surface area contributed by atoms with Crippen LogP contribution in [0.15, 0.2) is 6.20 Å². The van der Waals surface area contributed by atoms with Gasteiger partial charge in [-0.25, -0.2) is 9.37 Å². The summed E-state index contributed by atoms with van der Waals surface area (Å²) in [7, 11) is 0. The number of hydrogen-bond acceptors (Lipinski definition) is 4. The Morgan fingerprint density at radius 1 is 1.59 bits per heavy atom. The predicted octanol–water partition coefficient (Wildman–Crippen LogP) is 2.48. The van der Waals surface area contributed by atoms with E-state index in [2.05, 4.69) is 15.3 Å². The summed E-state index contributed by atoms with van der Waals surface area (Å²) in [6.45, 7) is 5.92.